The van der Waals surface area contributed by atoms with Gasteiger partial charge in [-0.2, -0.15) is 0 Å². The van der Waals surface area contributed by atoms with Crippen molar-refractivity contribution >= 4 is 17.4 Å². The van der Waals surface area contributed by atoms with Crippen LogP contribution in [0.4, 0.5) is 5.82 Å². The van der Waals surface area contributed by atoms with Crippen molar-refractivity contribution in [3.63, 3.8) is 0 Å². The Labute approximate surface area is 93.9 Å². The minimum absolute atomic E-state index is 0.149. The molecule has 0 spiro atoms. The first-order valence-corrected chi connectivity index (χ1v) is 5.46. The highest BCUT2D eigenvalue weighted by Crippen LogP contribution is 2.28. The first-order chi connectivity index (χ1) is 7.22. The molecule has 0 aromatic carbocycles. The normalized spacial score (nSPS) is 25.9. The van der Waals surface area contributed by atoms with Crippen molar-refractivity contribution in [2.24, 2.45) is 5.92 Å². The molecular formula is C10H14ClN3O. The zero-order valence-electron chi connectivity index (χ0n) is 8.60. The molecule has 0 bridgehead atoms. The fourth-order valence-corrected chi connectivity index (χ4v) is 2.20. The van der Waals surface area contributed by atoms with Crippen LogP contribution in [0.5, 0.6) is 0 Å². The lowest BCUT2D eigenvalue weighted by atomic mass is 10.0. The maximum Gasteiger partial charge on any atom is 0.224 e. The summed E-state index contributed by atoms with van der Waals surface area (Å²) in [5.41, 5.74) is 0. The minimum Gasteiger partial charge on any atom is -0.394 e. The molecule has 0 radical (unpaired) electrons. The number of nitrogens with zero attached hydrogens (tertiary/aromatic N) is 3. The third-order valence-corrected chi connectivity index (χ3v) is 3.16. The summed E-state index contributed by atoms with van der Waals surface area (Å²) in [5, 5.41) is 9.57. The number of anilines is 1. The Balaban J connectivity index is 2.23. The van der Waals surface area contributed by atoms with Crippen molar-refractivity contribution in [1.29, 1.82) is 0 Å². The topological polar surface area (TPSA) is 49.2 Å². The zero-order valence-corrected chi connectivity index (χ0v) is 9.35. The number of hydrogen-bond donors (Lipinski definition) is 1. The molecule has 1 aromatic rings. The van der Waals surface area contributed by atoms with Crippen LogP contribution in [0.25, 0.3) is 0 Å². The second-order valence-electron chi connectivity index (χ2n) is 3.89. The van der Waals surface area contributed by atoms with E-state index in [1.54, 1.807) is 6.20 Å². The molecule has 1 saturated heterocycles. The first-order valence-electron chi connectivity index (χ1n) is 5.08. The molecule has 1 aromatic heterocycles. The number of aliphatic hydroxyl groups excluding tert-OH is 1. The van der Waals surface area contributed by atoms with E-state index in [0.29, 0.717) is 5.92 Å². The summed E-state index contributed by atoms with van der Waals surface area (Å²) in [4.78, 5) is 10.1. The molecule has 1 aliphatic heterocycles. The lowest BCUT2D eigenvalue weighted by molar-refractivity contribution is 0.244. The molecule has 0 aliphatic carbocycles. The van der Waals surface area contributed by atoms with Crippen molar-refractivity contribution in [3.8, 4) is 0 Å². The van der Waals surface area contributed by atoms with Crippen molar-refractivity contribution in [2.75, 3.05) is 18.1 Å². The molecule has 5 heteroatoms. The summed E-state index contributed by atoms with van der Waals surface area (Å²) in [6, 6.07) is 1.98. The van der Waals surface area contributed by atoms with Gasteiger partial charge in [0.25, 0.3) is 0 Å². The average Bonchev–Trinajstić information content (AvgIpc) is 2.59. The maximum atomic E-state index is 9.32. The Morgan fingerprint density at radius 3 is 3.13 bits per heavy atom. The average molecular weight is 228 g/mol. The molecule has 4 nitrogen and oxygen atoms in total. The lowest BCUT2D eigenvalue weighted by Crippen LogP contribution is -2.35. The highest BCUT2D eigenvalue weighted by molar-refractivity contribution is 6.28. The van der Waals surface area contributed by atoms with Gasteiger partial charge in [-0.15, -0.1) is 0 Å². The van der Waals surface area contributed by atoms with E-state index in [4.69, 9.17) is 11.6 Å². The molecule has 1 aliphatic rings. The van der Waals surface area contributed by atoms with Gasteiger partial charge in [-0.1, -0.05) is 6.92 Å². The summed E-state index contributed by atoms with van der Waals surface area (Å²) in [7, 11) is 0. The molecule has 2 heterocycles. The van der Waals surface area contributed by atoms with E-state index in [1.807, 2.05) is 6.07 Å². The summed E-state index contributed by atoms with van der Waals surface area (Å²) in [5.74, 6) is 1.29. The Morgan fingerprint density at radius 1 is 1.67 bits per heavy atom. The van der Waals surface area contributed by atoms with E-state index < -0.39 is 0 Å². The standard InChI is InChI=1S/C10H14ClN3O/c1-7-3-5-14(8(7)6-15)9-2-4-12-10(11)13-9/h2,4,7-8,15H,3,5-6H2,1H3. The summed E-state index contributed by atoms with van der Waals surface area (Å²) < 4.78 is 0. The highest BCUT2D eigenvalue weighted by atomic mass is 35.5. The zero-order chi connectivity index (χ0) is 10.8. The predicted molar refractivity (Wildman–Crippen MR) is 59.0 cm³/mol. The molecule has 82 valence electrons. The Bertz CT molecular complexity index is 347. The van der Waals surface area contributed by atoms with Crippen LogP contribution in [0.2, 0.25) is 5.28 Å². The molecule has 2 rings (SSSR count). The van der Waals surface area contributed by atoms with Crippen molar-refractivity contribution < 1.29 is 5.11 Å². The quantitative estimate of drug-likeness (QED) is 0.775. The Morgan fingerprint density at radius 2 is 2.47 bits per heavy atom. The van der Waals surface area contributed by atoms with Crippen LogP contribution < -0.4 is 4.90 Å². The lowest BCUT2D eigenvalue weighted by Gasteiger charge is -2.25. The van der Waals surface area contributed by atoms with Gasteiger partial charge in [0.15, 0.2) is 0 Å². The monoisotopic (exact) mass is 227 g/mol. The van der Waals surface area contributed by atoms with Gasteiger partial charge in [0.1, 0.15) is 5.82 Å². The first kappa shape index (κ1) is 10.6. The van der Waals surface area contributed by atoms with Gasteiger partial charge in [0.2, 0.25) is 5.28 Å². The number of aromatic nitrogens is 2. The molecule has 0 saturated carbocycles. The number of aliphatic hydroxyl groups is 1. The highest BCUT2D eigenvalue weighted by Gasteiger charge is 2.31. The van der Waals surface area contributed by atoms with Gasteiger partial charge in [-0.3, -0.25) is 0 Å². The Hall–Kier alpha value is -0.870. The number of rotatable bonds is 2. The third kappa shape index (κ3) is 2.06. The van der Waals surface area contributed by atoms with E-state index in [1.165, 1.54) is 0 Å². The molecule has 1 fully saturated rings. The second-order valence-corrected chi connectivity index (χ2v) is 4.23. The molecule has 15 heavy (non-hydrogen) atoms. The van der Waals surface area contributed by atoms with Crippen molar-refractivity contribution in [1.82, 2.24) is 9.97 Å². The molecule has 0 amide bonds. The van der Waals surface area contributed by atoms with Crippen LogP contribution in [0.3, 0.4) is 0 Å². The van der Waals surface area contributed by atoms with Gasteiger partial charge >= 0.3 is 0 Å². The van der Waals surface area contributed by atoms with Crippen LogP contribution in [0.15, 0.2) is 12.3 Å². The van der Waals surface area contributed by atoms with Crippen LogP contribution in [-0.2, 0) is 0 Å². The van der Waals surface area contributed by atoms with Gasteiger partial charge < -0.3 is 10.0 Å². The largest absolute Gasteiger partial charge is 0.394 e. The van der Waals surface area contributed by atoms with Gasteiger partial charge in [0.05, 0.1) is 12.6 Å². The molecule has 2 unspecified atom stereocenters. The van der Waals surface area contributed by atoms with E-state index in [9.17, 15) is 5.11 Å². The number of halogens is 1. The van der Waals surface area contributed by atoms with Crippen molar-refractivity contribution in [2.45, 2.75) is 19.4 Å². The molecule has 1 N–H and O–H groups in total. The van der Waals surface area contributed by atoms with Crippen LogP contribution >= 0.6 is 11.6 Å². The van der Waals surface area contributed by atoms with Crippen LogP contribution in [0, 0.1) is 5.92 Å². The van der Waals surface area contributed by atoms with Crippen LogP contribution in [-0.4, -0.2) is 34.3 Å². The Kier molecular flexibility index (Phi) is 3.07. The fourth-order valence-electron chi connectivity index (χ4n) is 2.06. The van der Waals surface area contributed by atoms with Gasteiger partial charge in [-0.05, 0) is 30.0 Å². The summed E-state index contributed by atoms with van der Waals surface area (Å²) in [6.45, 7) is 3.21. The summed E-state index contributed by atoms with van der Waals surface area (Å²) >= 11 is 5.74. The minimum atomic E-state index is 0.149. The maximum absolute atomic E-state index is 9.32. The van der Waals surface area contributed by atoms with Crippen molar-refractivity contribution in [3.05, 3.63) is 17.5 Å². The predicted octanol–water partition coefficient (Wildman–Crippen LogP) is 1.34. The van der Waals surface area contributed by atoms with E-state index in [2.05, 4.69) is 21.8 Å². The van der Waals surface area contributed by atoms with E-state index in [0.717, 1.165) is 18.8 Å². The molecule has 2 atom stereocenters. The number of hydrogen-bond acceptors (Lipinski definition) is 4. The summed E-state index contributed by atoms with van der Waals surface area (Å²) in [6.07, 6.45) is 2.72. The third-order valence-electron chi connectivity index (χ3n) is 2.98. The smallest absolute Gasteiger partial charge is 0.224 e. The van der Waals surface area contributed by atoms with Gasteiger partial charge in [-0.25, -0.2) is 9.97 Å². The SMILES string of the molecule is CC1CCN(c2ccnc(Cl)n2)C1CO. The van der Waals surface area contributed by atoms with E-state index in [-0.39, 0.29) is 17.9 Å². The second kappa shape index (κ2) is 4.33. The van der Waals surface area contributed by atoms with Gasteiger partial charge in [0, 0.05) is 12.7 Å². The van der Waals surface area contributed by atoms with Crippen LogP contribution in [0.1, 0.15) is 13.3 Å². The fraction of sp³-hybridized carbons (Fsp3) is 0.600. The van der Waals surface area contributed by atoms with E-state index >= 15 is 0 Å². The molecular weight excluding hydrogens is 214 g/mol.